The average Bonchev–Trinajstić information content (AvgIpc) is 2.59. The number of carboxylic acids is 1. The van der Waals surface area contributed by atoms with E-state index >= 15 is 0 Å². The van der Waals surface area contributed by atoms with Crippen molar-refractivity contribution in [3.8, 4) is 11.5 Å². The highest BCUT2D eigenvalue weighted by molar-refractivity contribution is 5.95. The van der Waals surface area contributed by atoms with Crippen molar-refractivity contribution in [2.24, 2.45) is 11.3 Å². The van der Waals surface area contributed by atoms with E-state index < -0.39 is 11.4 Å². The Hall–Kier alpha value is -2.24. The second-order valence-corrected chi connectivity index (χ2v) is 7.27. The number of rotatable bonds is 6. The van der Waals surface area contributed by atoms with Gasteiger partial charge in [-0.2, -0.15) is 0 Å². The number of nitrogens with zero attached hydrogens (tertiary/aromatic N) is 1. The van der Waals surface area contributed by atoms with Crippen molar-refractivity contribution in [2.75, 3.05) is 26.8 Å². The Kier molecular flexibility index (Phi) is 5.93. The highest BCUT2D eigenvalue weighted by atomic mass is 16.5. The Labute approximate surface area is 148 Å². The van der Waals surface area contributed by atoms with Gasteiger partial charge in [0.1, 0.15) is 0 Å². The molecule has 1 atom stereocenters. The minimum Gasteiger partial charge on any atom is -0.493 e. The van der Waals surface area contributed by atoms with Crippen LogP contribution in [0.1, 0.15) is 44.0 Å². The summed E-state index contributed by atoms with van der Waals surface area (Å²) in [5.74, 6) is 0.445. The minimum atomic E-state index is -0.891. The number of carbonyl (C=O) groups excluding carboxylic acids is 1. The van der Waals surface area contributed by atoms with E-state index in [9.17, 15) is 14.7 Å². The van der Waals surface area contributed by atoms with Crippen LogP contribution in [-0.2, 0) is 4.79 Å². The van der Waals surface area contributed by atoms with E-state index in [1.165, 1.54) is 7.11 Å². The summed E-state index contributed by atoms with van der Waals surface area (Å²) in [4.78, 5) is 25.9. The summed E-state index contributed by atoms with van der Waals surface area (Å²) in [6.45, 7) is 7.15. The van der Waals surface area contributed by atoms with E-state index in [1.54, 1.807) is 30.0 Å². The Bertz CT molecular complexity index is 643. The molecule has 0 aliphatic carbocycles. The molecule has 1 saturated heterocycles. The Morgan fingerprint density at radius 3 is 2.64 bits per heavy atom. The molecule has 0 spiro atoms. The van der Waals surface area contributed by atoms with Crippen molar-refractivity contribution in [1.29, 1.82) is 0 Å². The number of benzene rings is 1. The molecule has 1 fully saturated rings. The lowest BCUT2D eigenvalue weighted by Crippen LogP contribution is -2.48. The number of ether oxygens (including phenoxy) is 2. The number of piperidine rings is 1. The van der Waals surface area contributed by atoms with Gasteiger partial charge in [-0.25, -0.2) is 0 Å². The lowest BCUT2D eigenvalue weighted by Gasteiger charge is -2.37. The number of methoxy groups -OCH3 is 1. The van der Waals surface area contributed by atoms with Gasteiger partial charge < -0.3 is 19.5 Å². The fourth-order valence-corrected chi connectivity index (χ4v) is 2.95. The van der Waals surface area contributed by atoms with Crippen molar-refractivity contribution in [3.63, 3.8) is 0 Å². The first kappa shape index (κ1) is 19.1. The van der Waals surface area contributed by atoms with Crippen LogP contribution in [0.15, 0.2) is 18.2 Å². The zero-order valence-corrected chi connectivity index (χ0v) is 15.4. The maximum Gasteiger partial charge on any atom is 0.311 e. The Balaban J connectivity index is 2.17. The number of carboxylic acid groups (broad SMARTS) is 1. The predicted octanol–water partition coefficient (Wildman–Crippen LogP) is 3.06. The molecule has 1 unspecified atom stereocenters. The molecular weight excluding hydrogens is 322 g/mol. The van der Waals surface area contributed by atoms with Crippen LogP contribution in [-0.4, -0.2) is 48.7 Å². The van der Waals surface area contributed by atoms with E-state index in [0.717, 1.165) is 0 Å². The van der Waals surface area contributed by atoms with E-state index in [1.807, 2.05) is 0 Å². The first-order chi connectivity index (χ1) is 11.8. The molecular formula is C19H27NO5. The van der Waals surface area contributed by atoms with Crippen LogP contribution < -0.4 is 9.47 Å². The van der Waals surface area contributed by atoms with Crippen molar-refractivity contribution in [1.82, 2.24) is 4.90 Å². The predicted molar refractivity (Wildman–Crippen MR) is 94.2 cm³/mol. The van der Waals surface area contributed by atoms with Gasteiger partial charge in [0.05, 0.1) is 19.1 Å². The third-order valence-electron chi connectivity index (χ3n) is 4.48. The smallest absolute Gasteiger partial charge is 0.311 e. The molecule has 0 radical (unpaired) electrons. The Morgan fingerprint density at radius 2 is 2.04 bits per heavy atom. The van der Waals surface area contributed by atoms with E-state index in [2.05, 4.69) is 13.8 Å². The van der Waals surface area contributed by atoms with Crippen LogP contribution in [0.25, 0.3) is 0 Å². The molecule has 1 heterocycles. The third kappa shape index (κ3) is 4.44. The topological polar surface area (TPSA) is 76.1 Å². The van der Waals surface area contributed by atoms with E-state index in [4.69, 9.17) is 9.47 Å². The highest BCUT2D eigenvalue weighted by Crippen LogP contribution is 2.32. The summed E-state index contributed by atoms with van der Waals surface area (Å²) in [6.07, 6.45) is 1.26. The molecule has 1 aliphatic rings. The SMILES string of the molecule is COc1cc(C(=O)N2CCCC(C)(C(=O)O)C2)ccc1OCC(C)C. The third-order valence-corrected chi connectivity index (χ3v) is 4.48. The molecule has 0 saturated carbocycles. The molecule has 138 valence electrons. The largest absolute Gasteiger partial charge is 0.493 e. The first-order valence-corrected chi connectivity index (χ1v) is 8.60. The number of carbonyl (C=O) groups is 2. The number of amides is 1. The van der Waals surface area contributed by atoms with Crippen LogP contribution in [0.4, 0.5) is 0 Å². The van der Waals surface area contributed by atoms with Gasteiger partial charge in [0.15, 0.2) is 11.5 Å². The van der Waals surface area contributed by atoms with Crippen molar-refractivity contribution in [2.45, 2.75) is 33.6 Å². The highest BCUT2D eigenvalue weighted by Gasteiger charge is 2.39. The van der Waals surface area contributed by atoms with Crippen molar-refractivity contribution < 1.29 is 24.2 Å². The summed E-state index contributed by atoms with van der Waals surface area (Å²) >= 11 is 0. The van der Waals surface area contributed by atoms with Crippen LogP contribution in [0.5, 0.6) is 11.5 Å². The molecule has 1 aromatic rings. The lowest BCUT2D eigenvalue weighted by molar-refractivity contribution is -0.150. The maximum atomic E-state index is 12.8. The van der Waals surface area contributed by atoms with Crippen LogP contribution in [0.3, 0.4) is 0 Å². The van der Waals surface area contributed by atoms with Gasteiger partial charge in [-0.05, 0) is 43.9 Å². The normalized spacial score (nSPS) is 20.4. The van der Waals surface area contributed by atoms with Crippen LogP contribution >= 0.6 is 0 Å². The minimum absolute atomic E-state index is 0.180. The average molecular weight is 349 g/mol. The second kappa shape index (κ2) is 7.76. The summed E-state index contributed by atoms with van der Waals surface area (Å²) in [7, 11) is 1.54. The molecule has 6 nitrogen and oxygen atoms in total. The van der Waals surface area contributed by atoms with Crippen molar-refractivity contribution in [3.05, 3.63) is 23.8 Å². The molecule has 6 heteroatoms. The van der Waals surface area contributed by atoms with Gasteiger partial charge in [0, 0.05) is 18.7 Å². The molecule has 1 N–H and O–H groups in total. The standard InChI is InChI=1S/C19H27NO5/c1-13(2)11-25-15-7-6-14(10-16(15)24-4)17(21)20-9-5-8-19(3,12-20)18(22)23/h6-7,10,13H,5,8-9,11-12H2,1-4H3,(H,22,23). The molecule has 25 heavy (non-hydrogen) atoms. The summed E-state index contributed by atoms with van der Waals surface area (Å²) in [6, 6.07) is 5.09. The van der Waals surface area contributed by atoms with Gasteiger partial charge in [-0.1, -0.05) is 13.8 Å². The molecule has 1 aromatic carbocycles. The van der Waals surface area contributed by atoms with Gasteiger partial charge >= 0.3 is 5.97 Å². The zero-order valence-electron chi connectivity index (χ0n) is 15.4. The summed E-state index contributed by atoms with van der Waals surface area (Å²) < 4.78 is 11.1. The molecule has 0 aromatic heterocycles. The van der Waals surface area contributed by atoms with Gasteiger partial charge in [0.2, 0.25) is 0 Å². The molecule has 1 amide bonds. The summed E-state index contributed by atoms with van der Waals surface area (Å²) in [5.41, 5.74) is -0.415. The van der Waals surface area contributed by atoms with Gasteiger partial charge in [-0.3, -0.25) is 9.59 Å². The first-order valence-electron chi connectivity index (χ1n) is 8.60. The van der Waals surface area contributed by atoms with Crippen LogP contribution in [0.2, 0.25) is 0 Å². The van der Waals surface area contributed by atoms with E-state index in [-0.39, 0.29) is 12.5 Å². The number of hydrogen-bond donors (Lipinski definition) is 1. The van der Waals surface area contributed by atoms with E-state index in [0.29, 0.717) is 49.0 Å². The quantitative estimate of drug-likeness (QED) is 0.854. The Morgan fingerprint density at radius 1 is 1.32 bits per heavy atom. The maximum absolute atomic E-state index is 12.8. The number of likely N-dealkylation sites (tertiary alicyclic amines) is 1. The second-order valence-electron chi connectivity index (χ2n) is 7.27. The fraction of sp³-hybridized carbons (Fsp3) is 0.579. The number of hydrogen-bond acceptors (Lipinski definition) is 4. The molecule has 2 rings (SSSR count). The molecule has 1 aliphatic heterocycles. The van der Waals surface area contributed by atoms with Gasteiger partial charge in [-0.15, -0.1) is 0 Å². The summed E-state index contributed by atoms with van der Waals surface area (Å²) in [5, 5.41) is 9.42. The van der Waals surface area contributed by atoms with Gasteiger partial charge in [0.25, 0.3) is 5.91 Å². The van der Waals surface area contributed by atoms with Crippen molar-refractivity contribution >= 4 is 11.9 Å². The molecule has 0 bridgehead atoms. The van der Waals surface area contributed by atoms with Crippen LogP contribution in [0, 0.1) is 11.3 Å². The fourth-order valence-electron chi connectivity index (χ4n) is 2.95. The zero-order chi connectivity index (χ0) is 18.6. The monoisotopic (exact) mass is 349 g/mol. The lowest BCUT2D eigenvalue weighted by atomic mass is 9.82. The number of aliphatic carboxylic acids is 1.